The number of nitrogens with zero attached hydrogens (tertiary/aromatic N) is 4. The molecule has 0 atom stereocenters. The lowest BCUT2D eigenvalue weighted by molar-refractivity contribution is 0.893. The number of rotatable bonds is 7. The summed E-state index contributed by atoms with van der Waals surface area (Å²) < 4.78 is 0. The Balaban J connectivity index is 1.64. The van der Waals surface area contributed by atoms with Crippen LogP contribution >= 0.6 is 0 Å². The lowest BCUT2D eigenvalue weighted by atomic mass is 10.2. The molecule has 30 heavy (non-hydrogen) atoms. The van der Waals surface area contributed by atoms with Crippen LogP contribution in [-0.4, -0.2) is 17.0 Å². The quantitative estimate of drug-likeness (QED) is 0.435. The van der Waals surface area contributed by atoms with Crippen molar-refractivity contribution >= 4 is 28.7 Å². The summed E-state index contributed by atoms with van der Waals surface area (Å²) in [6.45, 7) is 0.697. The summed E-state index contributed by atoms with van der Waals surface area (Å²) in [5.41, 5.74) is 13.5. The van der Waals surface area contributed by atoms with Crippen LogP contribution < -0.4 is 21.1 Å². The van der Waals surface area contributed by atoms with Crippen LogP contribution in [0.1, 0.15) is 5.56 Å². The average Bonchev–Trinajstić information content (AvgIpc) is 2.80. The molecular weight excluding hydrogens is 372 g/mol. The maximum absolute atomic E-state index is 6.49. The molecule has 0 aliphatic carbocycles. The number of aromatic nitrogens is 2. The highest BCUT2D eigenvalue weighted by Crippen LogP contribution is 2.30. The smallest absolute Gasteiger partial charge is 0.173 e. The van der Waals surface area contributed by atoms with Crippen LogP contribution in [0.2, 0.25) is 0 Å². The monoisotopic (exact) mass is 396 g/mol. The molecule has 6 nitrogen and oxygen atoms in total. The van der Waals surface area contributed by atoms with Crippen LogP contribution in [0.5, 0.6) is 0 Å². The SMILES string of the molecule is CN(Cc1ccccc1)c1ncnc(NN(c2ccccc2)c2ccccc2)c1N. The van der Waals surface area contributed by atoms with Gasteiger partial charge < -0.3 is 10.6 Å². The Kier molecular flexibility index (Phi) is 5.75. The summed E-state index contributed by atoms with van der Waals surface area (Å²) in [6, 6.07) is 30.3. The number of benzene rings is 3. The number of nitrogens with two attached hydrogens (primary N) is 1. The highest BCUT2D eigenvalue weighted by atomic mass is 15.5. The first kappa shape index (κ1) is 19.3. The standard InChI is InChI=1S/C24H24N6/c1-29(17-19-11-5-2-6-12-19)24-22(25)23(26-18-27-24)28-30(20-13-7-3-8-14-20)21-15-9-4-10-16-21/h2-16,18H,17,25H2,1H3,(H,26,27,28). The van der Waals surface area contributed by atoms with Crippen LogP contribution in [0.25, 0.3) is 0 Å². The van der Waals surface area contributed by atoms with Crippen LogP contribution in [0.4, 0.5) is 28.7 Å². The second kappa shape index (κ2) is 8.96. The van der Waals surface area contributed by atoms with Crippen LogP contribution in [0.15, 0.2) is 97.3 Å². The zero-order valence-corrected chi connectivity index (χ0v) is 16.8. The lowest BCUT2D eigenvalue weighted by Gasteiger charge is -2.27. The number of nitrogens with one attached hydrogen (secondary N) is 1. The van der Waals surface area contributed by atoms with E-state index in [4.69, 9.17) is 5.73 Å². The maximum atomic E-state index is 6.49. The van der Waals surface area contributed by atoms with Gasteiger partial charge in [-0.2, -0.15) is 0 Å². The maximum Gasteiger partial charge on any atom is 0.173 e. The van der Waals surface area contributed by atoms with Crippen molar-refractivity contribution in [1.29, 1.82) is 0 Å². The molecule has 150 valence electrons. The van der Waals surface area contributed by atoms with Gasteiger partial charge in [-0.1, -0.05) is 66.7 Å². The van der Waals surface area contributed by atoms with Crippen molar-refractivity contribution in [1.82, 2.24) is 9.97 Å². The van der Waals surface area contributed by atoms with Gasteiger partial charge in [0.2, 0.25) is 0 Å². The lowest BCUT2D eigenvalue weighted by Crippen LogP contribution is -2.27. The Bertz CT molecular complexity index is 1030. The van der Waals surface area contributed by atoms with Crippen LogP contribution in [-0.2, 0) is 6.54 Å². The van der Waals surface area contributed by atoms with E-state index in [1.807, 2.05) is 95.8 Å². The molecule has 0 fully saturated rings. The van der Waals surface area contributed by atoms with Gasteiger partial charge in [-0.25, -0.2) is 9.97 Å². The van der Waals surface area contributed by atoms with Crippen molar-refractivity contribution < 1.29 is 0 Å². The van der Waals surface area contributed by atoms with Crippen molar-refractivity contribution in [3.05, 3.63) is 103 Å². The fourth-order valence-electron chi connectivity index (χ4n) is 3.25. The van der Waals surface area contributed by atoms with E-state index in [0.717, 1.165) is 11.4 Å². The third-order valence-corrected chi connectivity index (χ3v) is 4.73. The number of hydrogen-bond donors (Lipinski definition) is 2. The van der Waals surface area contributed by atoms with Crippen LogP contribution in [0, 0.1) is 0 Å². The van der Waals surface area contributed by atoms with Crippen molar-refractivity contribution in [3.8, 4) is 0 Å². The summed E-state index contributed by atoms with van der Waals surface area (Å²) in [4.78, 5) is 10.8. The van der Waals surface area contributed by atoms with Crippen LogP contribution in [0.3, 0.4) is 0 Å². The molecule has 1 heterocycles. The Morgan fingerprint density at radius 2 is 1.30 bits per heavy atom. The van der Waals surface area contributed by atoms with Crippen molar-refractivity contribution in [2.75, 3.05) is 28.1 Å². The molecule has 6 heteroatoms. The van der Waals surface area contributed by atoms with E-state index in [9.17, 15) is 0 Å². The first-order chi connectivity index (χ1) is 14.7. The summed E-state index contributed by atoms with van der Waals surface area (Å²) in [5, 5.41) is 1.96. The largest absolute Gasteiger partial charge is 0.393 e. The molecule has 3 aromatic carbocycles. The molecule has 0 bridgehead atoms. The van der Waals surface area contributed by atoms with Gasteiger partial charge >= 0.3 is 0 Å². The molecule has 3 N–H and O–H groups in total. The van der Waals surface area contributed by atoms with Gasteiger partial charge in [-0.15, -0.1) is 0 Å². The van der Waals surface area contributed by atoms with Gasteiger partial charge in [-0.3, -0.25) is 10.4 Å². The second-order valence-electron chi connectivity index (χ2n) is 6.92. The minimum absolute atomic E-state index is 0.493. The first-order valence-corrected chi connectivity index (χ1v) is 9.75. The Morgan fingerprint density at radius 3 is 1.87 bits per heavy atom. The van der Waals surface area contributed by atoms with Crippen molar-refractivity contribution in [2.45, 2.75) is 6.54 Å². The number of nitrogen functional groups attached to an aromatic ring is 1. The summed E-state index contributed by atoms with van der Waals surface area (Å²) in [7, 11) is 1.97. The number of hydrazine groups is 1. The van der Waals surface area contributed by atoms with Gasteiger partial charge in [-0.05, 0) is 29.8 Å². The van der Waals surface area contributed by atoms with E-state index in [1.165, 1.54) is 11.9 Å². The molecule has 0 unspecified atom stereocenters. The fourth-order valence-corrected chi connectivity index (χ4v) is 3.25. The van der Waals surface area contributed by atoms with E-state index in [2.05, 4.69) is 27.5 Å². The Morgan fingerprint density at radius 1 is 0.767 bits per heavy atom. The third kappa shape index (κ3) is 4.33. The van der Waals surface area contributed by atoms with E-state index in [-0.39, 0.29) is 0 Å². The van der Waals surface area contributed by atoms with E-state index < -0.39 is 0 Å². The predicted molar refractivity (Wildman–Crippen MR) is 124 cm³/mol. The molecule has 4 aromatic rings. The van der Waals surface area contributed by atoms with E-state index >= 15 is 0 Å². The second-order valence-corrected chi connectivity index (χ2v) is 6.92. The molecule has 4 rings (SSSR count). The van der Waals surface area contributed by atoms with Gasteiger partial charge in [0.15, 0.2) is 11.6 Å². The molecule has 0 spiro atoms. The van der Waals surface area contributed by atoms with E-state index in [1.54, 1.807) is 0 Å². The Hall–Kier alpha value is -4.06. The minimum atomic E-state index is 0.493. The van der Waals surface area contributed by atoms with Gasteiger partial charge in [0.1, 0.15) is 12.0 Å². The number of para-hydroxylation sites is 2. The highest BCUT2D eigenvalue weighted by molar-refractivity contribution is 5.78. The molecule has 0 radical (unpaired) electrons. The third-order valence-electron chi connectivity index (χ3n) is 4.73. The van der Waals surface area contributed by atoms with Crippen molar-refractivity contribution in [2.24, 2.45) is 0 Å². The number of hydrogen-bond acceptors (Lipinski definition) is 6. The highest BCUT2D eigenvalue weighted by Gasteiger charge is 2.16. The number of anilines is 5. The minimum Gasteiger partial charge on any atom is -0.393 e. The zero-order chi connectivity index (χ0) is 20.8. The normalized spacial score (nSPS) is 10.4. The molecule has 0 saturated carbocycles. The first-order valence-electron chi connectivity index (χ1n) is 9.75. The molecular formula is C24H24N6. The summed E-state index contributed by atoms with van der Waals surface area (Å²) in [6.07, 6.45) is 1.53. The van der Waals surface area contributed by atoms with Gasteiger partial charge in [0.05, 0.1) is 11.4 Å². The summed E-state index contributed by atoms with van der Waals surface area (Å²) in [5.74, 6) is 1.23. The molecule has 0 aliphatic heterocycles. The van der Waals surface area contributed by atoms with Gasteiger partial charge in [0.25, 0.3) is 0 Å². The Labute approximate surface area is 176 Å². The fraction of sp³-hybridized carbons (Fsp3) is 0.0833. The molecule has 0 saturated heterocycles. The molecule has 0 amide bonds. The van der Waals surface area contributed by atoms with Crippen molar-refractivity contribution in [3.63, 3.8) is 0 Å². The molecule has 1 aromatic heterocycles. The predicted octanol–water partition coefficient (Wildman–Crippen LogP) is 4.86. The summed E-state index contributed by atoms with van der Waals surface area (Å²) >= 11 is 0. The zero-order valence-electron chi connectivity index (χ0n) is 16.8. The van der Waals surface area contributed by atoms with E-state index in [0.29, 0.717) is 23.9 Å². The topological polar surface area (TPSA) is 70.3 Å². The average molecular weight is 396 g/mol. The molecule has 0 aliphatic rings. The van der Waals surface area contributed by atoms with Gasteiger partial charge in [0, 0.05) is 13.6 Å².